The second kappa shape index (κ2) is 5.58. The summed E-state index contributed by atoms with van der Waals surface area (Å²) in [5.74, 6) is 0. The fourth-order valence-corrected chi connectivity index (χ4v) is 10.4. The third kappa shape index (κ3) is 4.18. The summed E-state index contributed by atoms with van der Waals surface area (Å²) in [7, 11) is 4.56. The summed E-state index contributed by atoms with van der Waals surface area (Å²) in [4.78, 5) is 0. The second-order valence-corrected chi connectivity index (χ2v) is 13.8. The van der Waals surface area contributed by atoms with Gasteiger partial charge in [0.1, 0.15) is 0 Å². The molecule has 13 heavy (non-hydrogen) atoms. The average Bonchev–Trinajstić information content (AvgIpc) is 2.01. The van der Waals surface area contributed by atoms with Gasteiger partial charge in [0.05, 0.1) is 0 Å². The van der Waals surface area contributed by atoms with Crippen molar-refractivity contribution in [1.29, 1.82) is 0 Å². The molecule has 0 aromatic heterocycles. The van der Waals surface area contributed by atoms with E-state index in [1.165, 1.54) is 13.1 Å². The second-order valence-electron chi connectivity index (χ2n) is 4.41. The number of rotatable bonds is 4. The summed E-state index contributed by atoms with van der Waals surface area (Å²) in [6.45, 7) is 14.0. The van der Waals surface area contributed by atoms with E-state index in [0.29, 0.717) is 3.36 Å². The van der Waals surface area contributed by atoms with Crippen LogP contribution >= 0.6 is 0 Å². The number of nitrogens with zero attached hydrogens (tertiary/aromatic N) is 2. The molecule has 0 atom stereocenters. The molecule has 0 aliphatic carbocycles. The SMILES string of the molecule is CC[N](C)[Sb]([N](C)CC)[C](C)(C)C. The molecular formula is C10H25N2Sb. The Morgan fingerprint density at radius 1 is 0.923 bits per heavy atom. The molecule has 0 heterocycles. The number of hydrogen-bond donors (Lipinski definition) is 0. The third-order valence-electron chi connectivity index (χ3n) is 2.16. The number of hydrogen-bond acceptors (Lipinski definition) is 2. The van der Waals surface area contributed by atoms with E-state index in [9.17, 15) is 0 Å². The maximum atomic E-state index is 2.59. The van der Waals surface area contributed by atoms with E-state index in [0.717, 1.165) is 0 Å². The molecule has 80 valence electrons. The zero-order valence-corrected chi connectivity index (χ0v) is 12.8. The van der Waals surface area contributed by atoms with E-state index in [1.54, 1.807) is 0 Å². The van der Waals surface area contributed by atoms with Crippen LogP contribution in [0.3, 0.4) is 0 Å². The van der Waals surface area contributed by atoms with Crippen LogP contribution in [0.25, 0.3) is 0 Å². The average molecular weight is 295 g/mol. The molecule has 0 aromatic rings. The molecule has 0 aliphatic rings. The van der Waals surface area contributed by atoms with Crippen molar-refractivity contribution in [1.82, 2.24) is 6.12 Å². The van der Waals surface area contributed by atoms with Crippen molar-refractivity contribution in [2.75, 3.05) is 27.2 Å². The Morgan fingerprint density at radius 3 is 1.38 bits per heavy atom. The van der Waals surface area contributed by atoms with Gasteiger partial charge < -0.3 is 0 Å². The Balaban J connectivity index is 4.55. The Kier molecular flexibility index (Phi) is 5.89. The van der Waals surface area contributed by atoms with Gasteiger partial charge in [0, 0.05) is 0 Å². The van der Waals surface area contributed by atoms with E-state index in [2.05, 4.69) is 54.8 Å². The van der Waals surface area contributed by atoms with Gasteiger partial charge in [-0.2, -0.15) is 0 Å². The molecule has 0 aromatic carbocycles. The molecule has 0 N–H and O–H groups in total. The van der Waals surface area contributed by atoms with Gasteiger partial charge in [-0.1, -0.05) is 0 Å². The molecule has 0 amide bonds. The molecule has 0 fully saturated rings. The molecule has 0 unspecified atom stereocenters. The zero-order valence-electron chi connectivity index (χ0n) is 10.3. The van der Waals surface area contributed by atoms with Gasteiger partial charge >= 0.3 is 92.0 Å². The third-order valence-corrected chi connectivity index (χ3v) is 10.9. The molecule has 0 rings (SSSR count). The fourth-order valence-electron chi connectivity index (χ4n) is 1.55. The van der Waals surface area contributed by atoms with Crippen LogP contribution in [0.2, 0.25) is 3.36 Å². The standard InChI is InChI=1S/C4H9.2C3H8N.Sb/c1-4(2)3;2*1-3-4-2;/h1-3H3;2*3H2,1-2H3;/q;2*-1;+2. The van der Waals surface area contributed by atoms with Gasteiger partial charge in [0.25, 0.3) is 0 Å². The molecular weight excluding hydrogens is 270 g/mol. The van der Waals surface area contributed by atoms with E-state index in [-0.39, 0.29) is 0 Å². The summed E-state index contributed by atoms with van der Waals surface area (Å²) < 4.78 is 5.68. The summed E-state index contributed by atoms with van der Waals surface area (Å²) >= 11 is -1.42. The molecule has 0 radical (unpaired) electrons. The van der Waals surface area contributed by atoms with Crippen LogP contribution in [0.4, 0.5) is 0 Å². The van der Waals surface area contributed by atoms with Crippen molar-refractivity contribution in [2.24, 2.45) is 0 Å². The van der Waals surface area contributed by atoms with E-state index in [4.69, 9.17) is 0 Å². The Morgan fingerprint density at radius 2 is 1.23 bits per heavy atom. The summed E-state index contributed by atoms with van der Waals surface area (Å²) in [5, 5.41) is 0. The molecule has 0 aliphatic heterocycles. The Bertz CT molecular complexity index is 132. The Labute approximate surface area is 92.0 Å². The van der Waals surface area contributed by atoms with Gasteiger partial charge in [-0.3, -0.25) is 0 Å². The van der Waals surface area contributed by atoms with Gasteiger partial charge in [-0.15, -0.1) is 0 Å². The van der Waals surface area contributed by atoms with Crippen molar-refractivity contribution < 1.29 is 0 Å². The van der Waals surface area contributed by atoms with E-state index in [1.807, 2.05) is 0 Å². The summed E-state index contributed by atoms with van der Waals surface area (Å²) in [6.07, 6.45) is 0. The maximum absolute atomic E-state index is 2.59. The molecule has 0 saturated carbocycles. The van der Waals surface area contributed by atoms with Crippen LogP contribution in [0.5, 0.6) is 0 Å². The first-order chi connectivity index (χ1) is 5.84. The summed E-state index contributed by atoms with van der Waals surface area (Å²) in [5.41, 5.74) is 0. The first kappa shape index (κ1) is 13.7. The topological polar surface area (TPSA) is 6.48 Å². The van der Waals surface area contributed by atoms with E-state index >= 15 is 0 Å². The van der Waals surface area contributed by atoms with Gasteiger partial charge in [0.2, 0.25) is 0 Å². The zero-order chi connectivity index (χ0) is 10.6. The van der Waals surface area contributed by atoms with Crippen molar-refractivity contribution in [2.45, 2.75) is 38.0 Å². The van der Waals surface area contributed by atoms with Crippen LogP contribution < -0.4 is 0 Å². The predicted octanol–water partition coefficient (Wildman–Crippen LogP) is 2.18. The summed E-state index contributed by atoms with van der Waals surface area (Å²) in [6, 6.07) is 0. The van der Waals surface area contributed by atoms with Crippen molar-refractivity contribution in [3.63, 3.8) is 0 Å². The normalized spacial score (nSPS) is 13.4. The van der Waals surface area contributed by atoms with Crippen LogP contribution in [-0.4, -0.2) is 54.1 Å². The molecule has 0 spiro atoms. The quantitative estimate of drug-likeness (QED) is 0.734. The molecule has 2 nitrogen and oxygen atoms in total. The van der Waals surface area contributed by atoms with E-state index < -0.39 is 20.8 Å². The predicted molar refractivity (Wildman–Crippen MR) is 62.1 cm³/mol. The van der Waals surface area contributed by atoms with Crippen molar-refractivity contribution >= 4 is 20.8 Å². The monoisotopic (exact) mass is 294 g/mol. The van der Waals surface area contributed by atoms with Gasteiger partial charge in [-0.25, -0.2) is 0 Å². The minimum atomic E-state index is -1.42. The van der Waals surface area contributed by atoms with Crippen LogP contribution in [0.15, 0.2) is 0 Å². The first-order valence-electron chi connectivity index (χ1n) is 5.06. The fraction of sp³-hybridized carbons (Fsp3) is 1.00. The van der Waals surface area contributed by atoms with Crippen molar-refractivity contribution in [3.05, 3.63) is 0 Å². The van der Waals surface area contributed by atoms with Crippen LogP contribution in [-0.2, 0) is 0 Å². The first-order valence-corrected chi connectivity index (χ1v) is 8.62. The molecule has 3 heteroatoms. The minimum absolute atomic E-state index is 0.498. The molecule has 0 bridgehead atoms. The van der Waals surface area contributed by atoms with Gasteiger partial charge in [0.15, 0.2) is 0 Å². The van der Waals surface area contributed by atoms with Gasteiger partial charge in [-0.05, 0) is 0 Å². The molecule has 0 saturated heterocycles. The van der Waals surface area contributed by atoms with Crippen molar-refractivity contribution in [3.8, 4) is 0 Å². The Hall–Kier alpha value is 0.738. The van der Waals surface area contributed by atoms with Crippen LogP contribution in [0, 0.1) is 0 Å². The van der Waals surface area contributed by atoms with Crippen LogP contribution in [0.1, 0.15) is 34.6 Å².